The molecule has 0 N–H and O–H groups in total. The summed E-state index contributed by atoms with van der Waals surface area (Å²) in [6.45, 7) is 23.2. The summed E-state index contributed by atoms with van der Waals surface area (Å²) < 4.78 is 7.31. The van der Waals surface area contributed by atoms with Crippen LogP contribution in [-0.2, 0) is 27.1 Å². The zero-order valence-electron chi connectivity index (χ0n) is 34.8. The highest BCUT2D eigenvalue weighted by Crippen LogP contribution is 2.60. The predicted octanol–water partition coefficient (Wildman–Crippen LogP) is 12.4. The van der Waals surface area contributed by atoms with Crippen molar-refractivity contribution < 1.29 is 4.74 Å². The molecule has 0 amide bonds. The largest absolute Gasteiger partial charge is 0.457 e. The van der Waals surface area contributed by atoms with Gasteiger partial charge in [-0.05, 0) is 156 Å². The lowest BCUT2D eigenvalue weighted by Crippen LogP contribution is -2.40. The maximum atomic E-state index is 7.31. The normalized spacial score (nSPS) is 19.1. The van der Waals surface area contributed by atoms with E-state index in [4.69, 9.17) is 14.7 Å². The van der Waals surface area contributed by atoms with Crippen molar-refractivity contribution in [3.63, 3.8) is 0 Å². The molecule has 1 aliphatic heterocycles. The first-order valence-corrected chi connectivity index (χ1v) is 20.4. The first-order valence-electron chi connectivity index (χ1n) is 20.4. The molecule has 0 bridgehead atoms. The fourth-order valence-corrected chi connectivity index (χ4v) is 9.74. The molecule has 5 heteroatoms. The van der Waals surface area contributed by atoms with Crippen molar-refractivity contribution in [2.75, 3.05) is 0 Å². The zero-order chi connectivity index (χ0) is 39.4. The number of hydrogen-bond donors (Lipinski definition) is 0. The summed E-state index contributed by atoms with van der Waals surface area (Å²) in [4.78, 5) is 20.7. The second kappa shape index (κ2) is 12.4. The minimum absolute atomic E-state index is 0.00125. The molecular weight excluding hydrogens is 685 g/mol. The van der Waals surface area contributed by atoms with Gasteiger partial charge in [0.15, 0.2) is 0 Å². The average Bonchev–Trinajstić information content (AvgIpc) is 3.17. The summed E-state index contributed by atoms with van der Waals surface area (Å²) in [5, 5.41) is 0. The van der Waals surface area contributed by atoms with Crippen LogP contribution in [0.2, 0.25) is 0 Å². The second-order valence-corrected chi connectivity index (χ2v) is 19.4. The van der Waals surface area contributed by atoms with Crippen LogP contribution in [0.3, 0.4) is 0 Å². The lowest BCUT2D eigenvalue weighted by Gasteiger charge is -2.47. The van der Waals surface area contributed by atoms with Crippen molar-refractivity contribution in [1.82, 2.24) is 19.9 Å². The second-order valence-electron chi connectivity index (χ2n) is 19.4. The smallest absolute Gasteiger partial charge is 0.132 e. The number of benzene rings is 2. The Morgan fingerprint density at radius 3 is 1.18 bits per heavy atom. The molecule has 0 unspecified atom stereocenters. The molecule has 56 heavy (non-hydrogen) atoms. The topological polar surface area (TPSA) is 60.8 Å². The fraction of sp³-hybridized carbons (Fsp3) is 0.373. The number of ether oxygens (including phenoxy) is 1. The molecule has 6 aromatic rings. The number of aromatic nitrogens is 4. The van der Waals surface area contributed by atoms with Gasteiger partial charge in [0.05, 0.1) is 22.8 Å². The van der Waals surface area contributed by atoms with Crippen LogP contribution in [0.15, 0.2) is 97.3 Å². The summed E-state index contributed by atoms with van der Waals surface area (Å²) >= 11 is 0. The monoisotopic (exact) mass is 738 g/mol. The Kier molecular flexibility index (Phi) is 8.09. The van der Waals surface area contributed by atoms with Gasteiger partial charge in [-0.3, -0.25) is 19.9 Å². The van der Waals surface area contributed by atoms with E-state index in [-0.39, 0.29) is 21.7 Å². The molecule has 0 saturated heterocycles. The Hall–Kier alpha value is -5.16. The van der Waals surface area contributed by atoms with Crippen molar-refractivity contribution in [1.29, 1.82) is 0 Å². The quantitative estimate of drug-likeness (QED) is 0.180. The molecular formula is C51H54N4O. The summed E-state index contributed by atoms with van der Waals surface area (Å²) in [5.74, 6) is 1.76. The maximum Gasteiger partial charge on any atom is 0.132 e. The number of rotatable bonds is 4. The third kappa shape index (κ3) is 5.64. The van der Waals surface area contributed by atoms with E-state index in [2.05, 4.69) is 150 Å². The molecule has 3 aliphatic rings. The molecule has 5 nitrogen and oxygen atoms in total. The van der Waals surface area contributed by atoms with Gasteiger partial charge in [0.1, 0.15) is 16.9 Å². The number of fused-ring (bicyclic) bond motifs is 4. The van der Waals surface area contributed by atoms with Crippen molar-refractivity contribution >= 4 is 0 Å². The van der Waals surface area contributed by atoms with Crippen molar-refractivity contribution in [3.05, 3.63) is 153 Å². The Morgan fingerprint density at radius 2 is 0.821 bits per heavy atom. The predicted molar refractivity (Wildman–Crippen MR) is 227 cm³/mol. The summed E-state index contributed by atoms with van der Waals surface area (Å²) in [5.41, 5.74) is 14.2. The summed E-state index contributed by atoms with van der Waals surface area (Å²) in [6, 6.07) is 31.0. The maximum absolute atomic E-state index is 7.31. The van der Waals surface area contributed by atoms with E-state index in [0.717, 1.165) is 93.6 Å². The minimum atomic E-state index is -0.926. The first kappa shape index (κ1) is 36.5. The van der Waals surface area contributed by atoms with Gasteiger partial charge in [-0.25, -0.2) is 0 Å². The van der Waals surface area contributed by atoms with Gasteiger partial charge in [-0.15, -0.1) is 0 Å². The SMILES string of the molecule is Cc1ccc(-c2cccc(C3(c4cccc(-c5ccc(C)nc5)n4)c4cc5c(cc4Oc4cc6c(cc43)C(C)(C)CCC6(C)C)C(C)(C)CCC5(C)C)n2)cn1. The zero-order valence-corrected chi connectivity index (χ0v) is 34.8. The number of pyridine rings is 4. The lowest BCUT2D eigenvalue weighted by molar-refractivity contribution is 0.323. The molecule has 0 atom stereocenters. The van der Waals surface area contributed by atoms with Crippen molar-refractivity contribution in [2.45, 2.75) is 122 Å². The Labute approximate surface area is 333 Å². The van der Waals surface area contributed by atoms with E-state index in [0.29, 0.717) is 0 Å². The molecule has 0 radical (unpaired) electrons. The Morgan fingerprint density at radius 1 is 0.446 bits per heavy atom. The lowest BCUT2D eigenvalue weighted by atomic mass is 9.58. The highest BCUT2D eigenvalue weighted by Gasteiger charge is 2.52. The third-order valence-electron chi connectivity index (χ3n) is 13.6. The molecule has 2 aromatic carbocycles. The molecule has 5 heterocycles. The first-order chi connectivity index (χ1) is 26.5. The van der Waals surface area contributed by atoms with Gasteiger partial charge < -0.3 is 4.74 Å². The van der Waals surface area contributed by atoms with Gasteiger partial charge in [-0.2, -0.15) is 0 Å². The van der Waals surface area contributed by atoms with Gasteiger partial charge in [0.25, 0.3) is 0 Å². The standard InChI is InChI=1S/C51H54N4O/c1-31-17-19-33(29-52-31)41-13-11-15-45(54-41)51(46-16-12-14-42(55-46)34-20-18-32(2)53-30-34)39-25-35-37(49(7,8)23-21-47(35,3)4)27-43(39)56-44-28-38-36(26-40(44)51)48(5,6)22-24-50(38,9)10/h11-20,25-30H,21-24H2,1-10H3. The van der Waals surface area contributed by atoms with E-state index < -0.39 is 5.41 Å². The molecule has 2 aliphatic carbocycles. The molecule has 9 rings (SSSR count). The van der Waals surface area contributed by atoms with E-state index >= 15 is 0 Å². The molecule has 0 spiro atoms. The molecule has 4 aromatic heterocycles. The van der Waals surface area contributed by atoms with Gasteiger partial charge in [-0.1, -0.05) is 67.5 Å². The third-order valence-corrected chi connectivity index (χ3v) is 13.6. The van der Waals surface area contributed by atoms with Crippen LogP contribution in [0.25, 0.3) is 22.5 Å². The Balaban J connectivity index is 1.45. The summed E-state index contributed by atoms with van der Waals surface area (Å²) in [6.07, 6.45) is 8.32. The van der Waals surface area contributed by atoms with E-state index in [1.54, 1.807) is 0 Å². The fourth-order valence-electron chi connectivity index (χ4n) is 9.74. The van der Waals surface area contributed by atoms with Crippen LogP contribution in [0.4, 0.5) is 0 Å². The van der Waals surface area contributed by atoms with Crippen LogP contribution in [0, 0.1) is 13.8 Å². The van der Waals surface area contributed by atoms with E-state index in [1.807, 2.05) is 26.2 Å². The van der Waals surface area contributed by atoms with Crippen LogP contribution in [-0.4, -0.2) is 19.9 Å². The highest BCUT2D eigenvalue weighted by molar-refractivity contribution is 5.73. The number of nitrogens with zero attached hydrogens (tertiary/aromatic N) is 4. The minimum Gasteiger partial charge on any atom is -0.457 e. The van der Waals surface area contributed by atoms with E-state index in [9.17, 15) is 0 Å². The number of hydrogen-bond acceptors (Lipinski definition) is 5. The summed E-state index contributed by atoms with van der Waals surface area (Å²) in [7, 11) is 0. The van der Waals surface area contributed by atoms with Crippen LogP contribution >= 0.6 is 0 Å². The Bertz CT molecular complexity index is 2350. The molecule has 284 valence electrons. The highest BCUT2D eigenvalue weighted by atomic mass is 16.5. The van der Waals surface area contributed by atoms with Crippen LogP contribution in [0.5, 0.6) is 11.5 Å². The van der Waals surface area contributed by atoms with Crippen LogP contribution in [0.1, 0.15) is 137 Å². The van der Waals surface area contributed by atoms with Crippen molar-refractivity contribution in [2.24, 2.45) is 0 Å². The van der Waals surface area contributed by atoms with E-state index in [1.165, 1.54) is 22.3 Å². The molecule has 0 fully saturated rings. The van der Waals surface area contributed by atoms with Gasteiger partial charge >= 0.3 is 0 Å². The number of aryl methyl sites for hydroxylation is 2. The van der Waals surface area contributed by atoms with Crippen LogP contribution < -0.4 is 4.74 Å². The molecule has 0 saturated carbocycles. The van der Waals surface area contributed by atoms with Gasteiger partial charge in [0, 0.05) is 46.0 Å². The van der Waals surface area contributed by atoms with Crippen molar-refractivity contribution in [3.8, 4) is 34.0 Å². The van der Waals surface area contributed by atoms with Gasteiger partial charge in [0.2, 0.25) is 0 Å². The average molecular weight is 739 g/mol.